The van der Waals surface area contributed by atoms with Gasteiger partial charge >= 0.3 is 0 Å². The Balaban J connectivity index is 1.68. The van der Waals surface area contributed by atoms with E-state index in [0.717, 1.165) is 16.9 Å². The number of fused-ring (bicyclic) bond motifs is 2. The number of hydrogen-bond acceptors (Lipinski definition) is 5. The summed E-state index contributed by atoms with van der Waals surface area (Å²) in [5.74, 6) is 0.635. The van der Waals surface area contributed by atoms with E-state index in [0.29, 0.717) is 42.8 Å². The quantitative estimate of drug-likeness (QED) is 0.507. The molecule has 0 saturated heterocycles. The Morgan fingerprint density at radius 2 is 1.84 bits per heavy atom. The number of carbonyl (C=O) groups is 1. The number of para-hydroxylation sites is 2. The molecule has 4 aromatic rings. The second-order valence-corrected chi connectivity index (χ2v) is 7.91. The first kappa shape index (κ1) is 20.0. The number of H-pyrrole nitrogens is 1. The van der Waals surface area contributed by atoms with Crippen molar-refractivity contribution in [2.45, 2.75) is 32.4 Å². The van der Waals surface area contributed by atoms with Crippen LogP contribution in [0.15, 0.2) is 65.6 Å². The predicted octanol–water partition coefficient (Wildman–Crippen LogP) is 3.47. The molecule has 1 unspecified atom stereocenters. The van der Waals surface area contributed by atoms with Crippen molar-refractivity contribution in [2.75, 3.05) is 16.8 Å². The standard InChI is InChI=1S/C24H24N6O2/c1-2-19(29-13-12-21(31)26-18-10-6-7-11-20(18)29)23-27-22-17(14-25-28-22)24(32)30(23)15-16-8-4-3-5-9-16/h3-11,14,19H,2,12-13,15H2,1H3,(H,25,28)(H,26,31). The maximum atomic E-state index is 13.5. The van der Waals surface area contributed by atoms with Crippen molar-refractivity contribution in [3.05, 3.63) is 82.5 Å². The van der Waals surface area contributed by atoms with Crippen molar-refractivity contribution >= 4 is 28.3 Å². The Bertz CT molecular complexity index is 1330. The second kappa shape index (κ2) is 8.30. The van der Waals surface area contributed by atoms with Crippen LogP contribution in [0.1, 0.15) is 37.2 Å². The third kappa shape index (κ3) is 3.53. The molecule has 0 bridgehead atoms. The maximum Gasteiger partial charge on any atom is 0.265 e. The molecule has 8 nitrogen and oxygen atoms in total. The fraction of sp³-hybridized carbons (Fsp3) is 0.250. The molecule has 5 rings (SSSR count). The average Bonchev–Trinajstić information content (AvgIpc) is 3.22. The van der Waals surface area contributed by atoms with Crippen LogP contribution in [0, 0.1) is 0 Å². The lowest BCUT2D eigenvalue weighted by molar-refractivity contribution is -0.116. The van der Waals surface area contributed by atoms with E-state index in [1.807, 2.05) is 54.6 Å². The van der Waals surface area contributed by atoms with E-state index >= 15 is 0 Å². The third-order valence-corrected chi connectivity index (χ3v) is 5.91. The molecule has 3 heterocycles. The average molecular weight is 428 g/mol. The molecule has 2 aromatic carbocycles. The summed E-state index contributed by atoms with van der Waals surface area (Å²) >= 11 is 0. The van der Waals surface area contributed by atoms with Crippen LogP contribution in [0.3, 0.4) is 0 Å². The number of hydrogen-bond donors (Lipinski definition) is 2. The molecule has 0 spiro atoms. The molecule has 0 fully saturated rings. The summed E-state index contributed by atoms with van der Waals surface area (Å²) in [5.41, 5.74) is 3.07. The number of nitrogens with zero attached hydrogens (tertiary/aromatic N) is 4. The Morgan fingerprint density at radius 3 is 2.66 bits per heavy atom. The first-order valence-corrected chi connectivity index (χ1v) is 10.8. The highest BCUT2D eigenvalue weighted by Gasteiger charge is 2.29. The van der Waals surface area contributed by atoms with Gasteiger partial charge in [-0.1, -0.05) is 49.4 Å². The van der Waals surface area contributed by atoms with Crippen molar-refractivity contribution in [3.8, 4) is 0 Å². The van der Waals surface area contributed by atoms with Gasteiger partial charge in [-0.25, -0.2) is 4.98 Å². The SMILES string of the molecule is CCC(c1nc2[nH]ncc2c(=O)n1Cc1ccccc1)N1CCC(=O)Nc2ccccc21. The molecule has 1 amide bonds. The van der Waals surface area contributed by atoms with Crippen LogP contribution in [0.5, 0.6) is 0 Å². The molecule has 1 aliphatic rings. The van der Waals surface area contributed by atoms with Gasteiger partial charge in [0.2, 0.25) is 5.91 Å². The van der Waals surface area contributed by atoms with Crippen LogP contribution in [0.2, 0.25) is 0 Å². The fourth-order valence-corrected chi connectivity index (χ4v) is 4.37. The normalized spacial score (nSPS) is 14.7. The Kier molecular flexibility index (Phi) is 5.18. The maximum absolute atomic E-state index is 13.5. The van der Waals surface area contributed by atoms with Gasteiger partial charge in [-0.3, -0.25) is 19.3 Å². The van der Waals surface area contributed by atoms with Crippen molar-refractivity contribution in [2.24, 2.45) is 0 Å². The molecular weight excluding hydrogens is 404 g/mol. The van der Waals surface area contributed by atoms with Crippen LogP contribution in [0.25, 0.3) is 11.0 Å². The summed E-state index contributed by atoms with van der Waals surface area (Å²) in [7, 11) is 0. The largest absolute Gasteiger partial charge is 0.359 e. The van der Waals surface area contributed by atoms with Crippen molar-refractivity contribution in [1.29, 1.82) is 0 Å². The molecule has 0 aliphatic carbocycles. The number of nitrogens with one attached hydrogen (secondary N) is 2. The molecule has 2 aromatic heterocycles. The molecular formula is C24H24N6O2. The van der Waals surface area contributed by atoms with E-state index in [9.17, 15) is 9.59 Å². The number of carbonyl (C=O) groups excluding carboxylic acids is 1. The van der Waals surface area contributed by atoms with Gasteiger partial charge in [-0.05, 0) is 24.1 Å². The van der Waals surface area contributed by atoms with E-state index < -0.39 is 0 Å². The number of benzene rings is 2. The first-order valence-electron chi connectivity index (χ1n) is 10.8. The van der Waals surface area contributed by atoms with Gasteiger partial charge in [0.05, 0.1) is 30.2 Å². The molecule has 162 valence electrons. The lowest BCUT2D eigenvalue weighted by Crippen LogP contribution is -2.36. The van der Waals surface area contributed by atoms with Gasteiger partial charge in [0.1, 0.15) is 11.2 Å². The van der Waals surface area contributed by atoms with Crippen LogP contribution in [-0.2, 0) is 11.3 Å². The highest BCUT2D eigenvalue weighted by molar-refractivity contribution is 5.96. The van der Waals surface area contributed by atoms with Crippen LogP contribution >= 0.6 is 0 Å². The zero-order valence-electron chi connectivity index (χ0n) is 17.8. The van der Waals surface area contributed by atoms with Crippen LogP contribution in [-0.4, -0.2) is 32.2 Å². The minimum atomic E-state index is -0.201. The second-order valence-electron chi connectivity index (χ2n) is 7.91. The fourth-order valence-electron chi connectivity index (χ4n) is 4.37. The molecule has 0 saturated carbocycles. The molecule has 8 heteroatoms. The summed E-state index contributed by atoms with van der Waals surface area (Å²) < 4.78 is 1.74. The summed E-state index contributed by atoms with van der Waals surface area (Å²) in [6, 6.07) is 17.4. The Morgan fingerprint density at radius 1 is 1.06 bits per heavy atom. The van der Waals surface area contributed by atoms with Crippen molar-refractivity contribution in [1.82, 2.24) is 19.7 Å². The van der Waals surface area contributed by atoms with Gasteiger partial charge in [0, 0.05) is 13.0 Å². The van der Waals surface area contributed by atoms with Crippen molar-refractivity contribution in [3.63, 3.8) is 0 Å². The summed E-state index contributed by atoms with van der Waals surface area (Å²) in [6.45, 7) is 3.01. The summed E-state index contributed by atoms with van der Waals surface area (Å²) in [6.07, 6.45) is 2.60. The molecule has 1 atom stereocenters. The monoisotopic (exact) mass is 428 g/mol. The number of amides is 1. The predicted molar refractivity (Wildman–Crippen MR) is 124 cm³/mol. The summed E-state index contributed by atoms with van der Waals surface area (Å²) in [5, 5.41) is 10.3. The van der Waals surface area contributed by atoms with E-state index in [1.54, 1.807) is 4.57 Å². The first-order chi connectivity index (χ1) is 15.7. The van der Waals surface area contributed by atoms with E-state index in [4.69, 9.17) is 4.98 Å². The van der Waals surface area contributed by atoms with Gasteiger partial charge < -0.3 is 10.2 Å². The van der Waals surface area contributed by atoms with E-state index in [-0.39, 0.29) is 17.5 Å². The van der Waals surface area contributed by atoms with E-state index in [2.05, 4.69) is 27.3 Å². The number of anilines is 2. The van der Waals surface area contributed by atoms with Gasteiger partial charge in [0.15, 0.2) is 5.65 Å². The van der Waals surface area contributed by atoms with Crippen LogP contribution in [0.4, 0.5) is 11.4 Å². The lowest BCUT2D eigenvalue weighted by atomic mass is 10.1. The van der Waals surface area contributed by atoms with Gasteiger partial charge in [-0.15, -0.1) is 0 Å². The zero-order chi connectivity index (χ0) is 22.1. The van der Waals surface area contributed by atoms with E-state index in [1.165, 1.54) is 6.20 Å². The topological polar surface area (TPSA) is 95.9 Å². The van der Waals surface area contributed by atoms with Crippen molar-refractivity contribution < 1.29 is 4.79 Å². The smallest absolute Gasteiger partial charge is 0.265 e. The highest BCUT2D eigenvalue weighted by atomic mass is 16.1. The minimum absolute atomic E-state index is 0.0199. The number of aromatic nitrogens is 4. The van der Waals surface area contributed by atoms with Crippen LogP contribution < -0.4 is 15.8 Å². The zero-order valence-corrected chi connectivity index (χ0v) is 17.8. The molecule has 0 radical (unpaired) electrons. The lowest BCUT2D eigenvalue weighted by Gasteiger charge is -2.33. The third-order valence-electron chi connectivity index (χ3n) is 5.91. The van der Waals surface area contributed by atoms with Gasteiger partial charge in [-0.2, -0.15) is 5.10 Å². The molecule has 32 heavy (non-hydrogen) atoms. The highest BCUT2D eigenvalue weighted by Crippen LogP contribution is 2.36. The van der Waals surface area contributed by atoms with Gasteiger partial charge in [0.25, 0.3) is 5.56 Å². The Hall–Kier alpha value is -3.94. The number of rotatable bonds is 5. The molecule has 2 N–H and O–H groups in total. The Labute approximate surface area is 184 Å². The number of aromatic amines is 1. The minimum Gasteiger partial charge on any atom is -0.359 e. The molecule has 1 aliphatic heterocycles. The summed E-state index contributed by atoms with van der Waals surface area (Å²) in [4.78, 5) is 32.8.